The Labute approximate surface area is 240 Å². The second-order valence-electron chi connectivity index (χ2n) is 10.6. The minimum Gasteiger partial charge on any atom is -0.370 e. The van der Waals surface area contributed by atoms with Crippen molar-refractivity contribution >= 4 is 40.8 Å². The highest BCUT2D eigenvalue weighted by atomic mass is 16.2. The van der Waals surface area contributed by atoms with E-state index in [1.54, 1.807) is 36.4 Å². The highest BCUT2D eigenvalue weighted by Gasteiger charge is 2.31. The summed E-state index contributed by atoms with van der Waals surface area (Å²) in [6.07, 6.45) is 3.28. The SMILES string of the molecule is CC[C@H](C)[C@@H]1NC(=O)c2cc(N=C(N)N)ccc2CCc2ccc(C(N)=O)cc2NC(=O)C(CCCCN)CC1=O. The van der Waals surface area contributed by atoms with Gasteiger partial charge in [0.25, 0.3) is 5.91 Å². The molecule has 41 heavy (non-hydrogen) atoms. The van der Waals surface area contributed by atoms with E-state index in [0.29, 0.717) is 67.6 Å². The molecule has 1 aliphatic heterocycles. The molecule has 2 aromatic carbocycles. The van der Waals surface area contributed by atoms with Crippen molar-refractivity contribution < 1.29 is 19.2 Å². The maximum absolute atomic E-state index is 13.7. The zero-order valence-electron chi connectivity index (χ0n) is 23.7. The van der Waals surface area contributed by atoms with Gasteiger partial charge in [-0.25, -0.2) is 4.99 Å². The summed E-state index contributed by atoms with van der Waals surface area (Å²) >= 11 is 0. The van der Waals surface area contributed by atoms with Gasteiger partial charge in [-0.3, -0.25) is 19.2 Å². The van der Waals surface area contributed by atoms with Crippen molar-refractivity contribution in [1.82, 2.24) is 5.32 Å². The van der Waals surface area contributed by atoms with E-state index in [1.165, 1.54) is 0 Å². The van der Waals surface area contributed by atoms with Crippen molar-refractivity contribution in [2.24, 2.45) is 39.8 Å². The number of amides is 3. The van der Waals surface area contributed by atoms with Crippen LogP contribution in [0.1, 0.15) is 77.8 Å². The third kappa shape index (κ3) is 8.37. The molecule has 0 saturated carbocycles. The number of benzene rings is 2. The van der Waals surface area contributed by atoms with Crippen molar-refractivity contribution in [1.29, 1.82) is 0 Å². The molecule has 0 bridgehead atoms. The van der Waals surface area contributed by atoms with Gasteiger partial charge in [0.2, 0.25) is 11.8 Å². The Bertz CT molecular complexity index is 1320. The van der Waals surface area contributed by atoms with Gasteiger partial charge in [0.1, 0.15) is 0 Å². The normalized spacial score (nSPS) is 18.7. The quantitative estimate of drug-likeness (QED) is 0.160. The lowest BCUT2D eigenvalue weighted by atomic mass is 9.87. The molecular formula is C30H41N7O4. The minimum atomic E-state index is -0.798. The highest BCUT2D eigenvalue weighted by molar-refractivity contribution is 6.02. The number of ketones is 1. The average molecular weight is 564 g/mol. The molecule has 0 saturated heterocycles. The van der Waals surface area contributed by atoms with Gasteiger partial charge in [-0.2, -0.15) is 0 Å². The second-order valence-corrected chi connectivity index (χ2v) is 10.6. The van der Waals surface area contributed by atoms with E-state index in [2.05, 4.69) is 15.6 Å². The number of aryl methyl sites for hydroxylation is 2. The predicted octanol–water partition coefficient (Wildman–Crippen LogP) is 2.28. The number of Topliss-reactive ketones (excluding diaryl/α,β-unsaturated/α-hetero) is 1. The number of nitrogens with zero attached hydrogens (tertiary/aromatic N) is 1. The second kappa shape index (κ2) is 14.4. The van der Waals surface area contributed by atoms with Crippen LogP contribution >= 0.6 is 0 Å². The number of guanidine groups is 1. The van der Waals surface area contributed by atoms with Crippen LogP contribution in [0, 0.1) is 11.8 Å². The number of aliphatic imine (C=N–C) groups is 1. The van der Waals surface area contributed by atoms with Crippen molar-refractivity contribution in [3.05, 3.63) is 58.7 Å². The van der Waals surface area contributed by atoms with Crippen molar-refractivity contribution in [3.8, 4) is 0 Å². The molecule has 3 rings (SSSR count). The van der Waals surface area contributed by atoms with E-state index < -0.39 is 23.8 Å². The Kier molecular flexibility index (Phi) is 11.0. The number of fused-ring (bicyclic) bond motifs is 2. The minimum absolute atomic E-state index is 0.0581. The van der Waals surface area contributed by atoms with Gasteiger partial charge in [-0.1, -0.05) is 38.8 Å². The maximum atomic E-state index is 13.7. The summed E-state index contributed by atoms with van der Waals surface area (Å²) in [5, 5.41) is 5.91. The van der Waals surface area contributed by atoms with Gasteiger partial charge in [-0.15, -0.1) is 0 Å². The molecule has 0 radical (unpaired) electrons. The van der Waals surface area contributed by atoms with Gasteiger partial charge in [0, 0.05) is 29.2 Å². The van der Waals surface area contributed by atoms with Gasteiger partial charge >= 0.3 is 0 Å². The molecule has 2 aromatic rings. The molecule has 0 fully saturated rings. The number of anilines is 1. The first-order valence-corrected chi connectivity index (χ1v) is 14.0. The molecule has 3 amide bonds. The number of carbonyl (C=O) groups is 4. The van der Waals surface area contributed by atoms with Crippen molar-refractivity contribution in [2.45, 2.75) is 64.8 Å². The lowest BCUT2D eigenvalue weighted by Crippen LogP contribution is -2.46. The fourth-order valence-electron chi connectivity index (χ4n) is 5.01. The molecule has 1 heterocycles. The van der Waals surface area contributed by atoms with Crippen molar-refractivity contribution in [2.75, 3.05) is 11.9 Å². The monoisotopic (exact) mass is 563 g/mol. The van der Waals surface area contributed by atoms with Crippen molar-refractivity contribution in [3.63, 3.8) is 0 Å². The van der Waals surface area contributed by atoms with Gasteiger partial charge < -0.3 is 33.6 Å². The van der Waals surface area contributed by atoms with Crippen LogP contribution in [0.5, 0.6) is 0 Å². The number of unbranched alkanes of at least 4 members (excludes halogenated alkanes) is 1. The fourth-order valence-corrected chi connectivity index (χ4v) is 5.01. The molecule has 11 nitrogen and oxygen atoms in total. The van der Waals surface area contributed by atoms with E-state index >= 15 is 0 Å². The van der Waals surface area contributed by atoms with E-state index in [-0.39, 0.29) is 35.6 Å². The number of rotatable bonds is 8. The summed E-state index contributed by atoms with van der Waals surface area (Å²) in [5.74, 6) is -2.56. The Morgan fingerprint density at radius 1 is 1.02 bits per heavy atom. The van der Waals surface area contributed by atoms with Crippen LogP contribution in [0.2, 0.25) is 0 Å². The van der Waals surface area contributed by atoms with Crippen LogP contribution in [0.25, 0.3) is 0 Å². The number of carbonyl (C=O) groups excluding carboxylic acids is 4. The number of nitrogens with two attached hydrogens (primary N) is 4. The molecule has 220 valence electrons. The van der Waals surface area contributed by atoms with Gasteiger partial charge in [-0.05, 0) is 73.5 Å². The third-order valence-corrected chi connectivity index (χ3v) is 7.58. The van der Waals surface area contributed by atoms with E-state index in [0.717, 1.165) is 5.56 Å². The predicted molar refractivity (Wildman–Crippen MR) is 160 cm³/mol. The Morgan fingerprint density at radius 3 is 2.39 bits per heavy atom. The Morgan fingerprint density at radius 2 is 1.73 bits per heavy atom. The molecule has 0 aromatic heterocycles. The summed E-state index contributed by atoms with van der Waals surface area (Å²) in [7, 11) is 0. The lowest BCUT2D eigenvalue weighted by Gasteiger charge is -2.26. The summed E-state index contributed by atoms with van der Waals surface area (Å²) in [4.78, 5) is 57.0. The van der Waals surface area contributed by atoms with Crippen LogP contribution in [0.3, 0.4) is 0 Å². The molecule has 0 aliphatic carbocycles. The smallest absolute Gasteiger partial charge is 0.252 e. The third-order valence-electron chi connectivity index (χ3n) is 7.58. The van der Waals surface area contributed by atoms with Gasteiger partial charge in [0.05, 0.1) is 11.7 Å². The Balaban J connectivity index is 2.13. The molecule has 10 N–H and O–H groups in total. The first kappa shape index (κ1) is 31.3. The number of nitrogens with one attached hydrogen (secondary N) is 2. The van der Waals surface area contributed by atoms with Crippen LogP contribution in [-0.2, 0) is 22.4 Å². The first-order chi connectivity index (χ1) is 19.5. The van der Waals surface area contributed by atoms with E-state index in [1.807, 2.05) is 13.8 Å². The molecule has 0 spiro atoms. The molecule has 1 unspecified atom stereocenters. The van der Waals surface area contributed by atoms with Crippen LogP contribution in [-0.4, -0.2) is 42.1 Å². The number of primary amides is 1. The number of hydrogen-bond acceptors (Lipinski definition) is 6. The Hall–Kier alpha value is -4.25. The van der Waals surface area contributed by atoms with Crippen LogP contribution < -0.4 is 33.6 Å². The summed E-state index contributed by atoms with van der Waals surface area (Å²) in [5.41, 5.74) is 25.2. The largest absolute Gasteiger partial charge is 0.370 e. The van der Waals surface area contributed by atoms with Crippen LogP contribution in [0.4, 0.5) is 11.4 Å². The first-order valence-electron chi connectivity index (χ1n) is 14.0. The summed E-state index contributed by atoms with van der Waals surface area (Å²) in [6, 6.07) is 9.17. The lowest BCUT2D eigenvalue weighted by molar-refractivity contribution is -0.128. The zero-order chi connectivity index (χ0) is 30.1. The fraction of sp³-hybridized carbons (Fsp3) is 0.433. The summed E-state index contributed by atoms with van der Waals surface area (Å²) in [6.45, 7) is 4.31. The van der Waals surface area contributed by atoms with E-state index in [9.17, 15) is 19.2 Å². The highest BCUT2D eigenvalue weighted by Crippen LogP contribution is 2.27. The van der Waals surface area contributed by atoms with Crippen LogP contribution in [0.15, 0.2) is 41.4 Å². The van der Waals surface area contributed by atoms with Gasteiger partial charge in [0.15, 0.2) is 11.7 Å². The standard InChI is InChI=1S/C30H41N7O4/c1-3-17(2)26-25(38)15-21(6-4-5-13-31)28(40)36-24-14-20(27(32)39)10-9-19(24)8-7-18-11-12-22(35-30(33)34)16-23(18)29(41)37-26/h9-12,14,16-17,21,26H,3-8,13,15,31H2,1-2H3,(H2,32,39)(H,36,40)(H,37,41)(H4,33,34,35)/t17-,21?,26-/m0/s1. The summed E-state index contributed by atoms with van der Waals surface area (Å²) < 4.78 is 0. The maximum Gasteiger partial charge on any atom is 0.252 e. The zero-order valence-corrected chi connectivity index (χ0v) is 23.7. The number of hydrogen-bond donors (Lipinski definition) is 6. The molecule has 11 heteroatoms. The van der Waals surface area contributed by atoms with E-state index in [4.69, 9.17) is 22.9 Å². The molecular weight excluding hydrogens is 522 g/mol. The topological polar surface area (TPSA) is 209 Å². The molecule has 3 atom stereocenters. The average Bonchev–Trinajstić information content (AvgIpc) is 2.93. The molecule has 1 aliphatic rings.